The number of nitrogens with one attached hydrogen (secondary N) is 2. The Morgan fingerprint density at radius 1 is 1.30 bits per heavy atom. The van der Waals surface area contributed by atoms with Gasteiger partial charge in [0.25, 0.3) is 0 Å². The zero-order chi connectivity index (χ0) is 14.4. The Bertz CT molecular complexity index is 540. The van der Waals surface area contributed by atoms with Gasteiger partial charge in [-0.1, -0.05) is 25.1 Å². The van der Waals surface area contributed by atoms with Crippen molar-refractivity contribution in [3.8, 4) is 0 Å². The zero-order valence-corrected chi connectivity index (χ0v) is 12.0. The van der Waals surface area contributed by atoms with Crippen molar-refractivity contribution < 1.29 is 9.18 Å². The van der Waals surface area contributed by atoms with Crippen LogP contribution in [0.4, 0.5) is 9.18 Å². The van der Waals surface area contributed by atoms with Crippen molar-refractivity contribution in [3.63, 3.8) is 0 Å². The molecule has 20 heavy (non-hydrogen) atoms. The molecule has 0 bridgehead atoms. The van der Waals surface area contributed by atoms with Crippen LogP contribution in [0.2, 0.25) is 0 Å². The summed E-state index contributed by atoms with van der Waals surface area (Å²) in [6.07, 6.45) is 0.838. The monoisotopic (exact) mass is 292 g/mol. The number of carbonyl (C=O) groups is 1. The molecule has 2 amide bonds. The molecule has 106 valence electrons. The number of carbonyl (C=O) groups excluding carboxylic acids is 1. The van der Waals surface area contributed by atoms with E-state index in [2.05, 4.69) is 10.6 Å². The summed E-state index contributed by atoms with van der Waals surface area (Å²) in [6, 6.07) is 9.89. The Labute approximate surface area is 121 Å². The Morgan fingerprint density at radius 3 is 2.65 bits per heavy atom. The first-order valence-electron chi connectivity index (χ1n) is 6.51. The lowest BCUT2D eigenvalue weighted by atomic mass is 10.2. The normalized spacial score (nSPS) is 11.9. The average Bonchev–Trinajstić information content (AvgIpc) is 2.98. The van der Waals surface area contributed by atoms with Crippen LogP contribution in [0.1, 0.15) is 29.8 Å². The number of thiophene rings is 1. The van der Waals surface area contributed by atoms with Crippen LogP contribution < -0.4 is 10.6 Å². The van der Waals surface area contributed by atoms with Gasteiger partial charge in [-0.3, -0.25) is 0 Å². The van der Waals surface area contributed by atoms with Gasteiger partial charge in [0, 0.05) is 11.4 Å². The summed E-state index contributed by atoms with van der Waals surface area (Å²) in [6.45, 7) is 2.41. The molecule has 2 rings (SSSR count). The highest BCUT2D eigenvalue weighted by Gasteiger charge is 2.12. The quantitative estimate of drug-likeness (QED) is 0.863. The van der Waals surface area contributed by atoms with Gasteiger partial charge < -0.3 is 10.6 Å². The summed E-state index contributed by atoms with van der Waals surface area (Å²) >= 11 is 1.63. The van der Waals surface area contributed by atoms with Gasteiger partial charge in [-0.15, -0.1) is 11.3 Å². The smallest absolute Gasteiger partial charge is 0.315 e. The standard InChI is InChI=1S/C15H17FN2OS/c1-2-13(14-4-3-9-20-14)18-15(19)17-10-11-5-7-12(16)8-6-11/h3-9,13H,2,10H2,1H3,(H2,17,18,19). The molecule has 1 aromatic heterocycles. The van der Waals surface area contributed by atoms with Gasteiger partial charge in [-0.05, 0) is 35.6 Å². The zero-order valence-electron chi connectivity index (χ0n) is 11.2. The first-order valence-corrected chi connectivity index (χ1v) is 7.39. The molecular formula is C15H17FN2OS. The topological polar surface area (TPSA) is 41.1 Å². The molecule has 2 N–H and O–H groups in total. The molecule has 3 nitrogen and oxygen atoms in total. The fraction of sp³-hybridized carbons (Fsp3) is 0.267. The van der Waals surface area contributed by atoms with Crippen LogP contribution in [-0.4, -0.2) is 6.03 Å². The van der Waals surface area contributed by atoms with Crippen molar-refractivity contribution in [2.45, 2.75) is 25.9 Å². The number of rotatable bonds is 5. The highest BCUT2D eigenvalue weighted by molar-refractivity contribution is 7.10. The van der Waals surface area contributed by atoms with Crippen LogP contribution in [0.15, 0.2) is 41.8 Å². The fourth-order valence-corrected chi connectivity index (χ4v) is 2.72. The maximum Gasteiger partial charge on any atom is 0.315 e. The van der Waals surface area contributed by atoms with E-state index in [-0.39, 0.29) is 17.9 Å². The summed E-state index contributed by atoms with van der Waals surface area (Å²) in [5.41, 5.74) is 0.866. The minimum Gasteiger partial charge on any atom is -0.334 e. The van der Waals surface area contributed by atoms with E-state index in [1.807, 2.05) is 24.4 Å². The predicted molar refractivity (Wildman–Crippen MR) is 79.1 cm³/mol. The summed E-state index contributed by atoms with van der Waals surface area (Å²) in [5.74, 6) is -0.276. The Balaban J connectivity index is 1.84. The van der Waals surface area contributed by atoms with Crippen molar-refractivity contribution in [2.75, 3.05) is 0 Å². The highest BCUT2D eigenvalue weighted by atomic mass is 32.1. The van der Waals surface area contributed by atoms with E-state index in [1.165, 1.54) is 12.1 Å². The first-order chi connectivity index (χ1) is 9.69. The molecule has 0 aliphatic carbocycles. The molecule has 1 aromatic carbocycles. The van der Waals surface area contributed by atoms with Crippen molar-refractivity contribution in [1.29, 1.82) is 0 Å². The van der Waals surface area contributed by atoms with Gasteiger partial charge in [0.05, 0.1) is 6.04 Å². The third-order valence-corrected chi connectivity index (χ3v) is 3.95. The number of halogens is 1. The lowest BCUT2D eigenvalue weighted by molar-refractivity contribution is 0.236. The molecule has 1 atom stereocenters. The number of benzene rings is 1. The Kier molecular flexibility index (Phi) is 5.12. The van der Waals surface area contributed by atoms with Crippen LogP contribution in [0.5, 0.6) is 0 Å². The maximum atomic E-state index is 12.8. The molecule has 5 heteroatoms. The number of amides is 2. The fourth-order valence-electron chi connectivity index (χ4n) is 1.86. The summed E-state index contributed by atoms with van der Waals surface area (Å²) in [7, 11) is 0. The molecule has 0 saturated carbocycles. The average molecular weight is 292 g/mol. The van der Waals surface area contributed by atoms with Gasteiger partial charge >= 0.3 is 6.03 Å². The Hall–Kier alpha value is -1.88. The van der Waals surface area contributed by atoms with Crippen molar-refractivity contribution >= 4 is 17.4 Å². The van der Waals surface area contributed by atoms with E-state index in [9.17, 15) is 9.18 Å². The summed E-state index contributed by atoms with van der Waals surface area (Å²) in [4.78, 5) is 13.0. The van der Waals surface area contributed by atoms with E-state index in [0.29, 0.717) is 6.54 Å². The van der Waals surface area contributed by atoms with Gasteiger partial charge in [0.15, 0.2) is 0 Å². The molecule has 1 heterocycles. The highest BCUT2D eigenvalue weighted by Crippen LogP contribution is 2.21. The molecule has 0 fully saturated rings. The van der Waals surface area contributed by atoms with Crippen molar-refractivity contribution in [1.82, 2.24) is 10.6 Å². The van der Waals surface area contributed by atoms with E-state index < -0.39 is 0 Å². The SMILES string of the molecule is CCC(NC(=O)NCc1ccc(F)cc1)c1cccs1. The van der Waals surface area contributed by atoms with Gasteiger partial charge in [0.1, 0.15) is 5.82 Å². The van der Waals surface area contributed by atoms with Crippen molar-refractivity contribution in [2.24, 2.45) is 0 Å². The van der Waals surface area contributed by atoms with E-state index in [1.54, 1.807) is 23.5 Å². The van der Waals surface area contributed by atoms with Crippen LogP contribution in [0.25, 0.3) is 0 Å². The largest absolute Gasteiger partial charge is 0.334 e. The second-order valence-corrected chi connectivity index (χ2v) is 5.41. The summed E-state index contributed by atoms with van der Waals surface area (Å²) in [5, 5.41) is 7.71. The number of urea groups is 1. The van der Waals surface area contributed by atoms with Gasteiger partial charge in [-0.25, -0.2) is 9.18 Å². The van der Waals surface area contributed by atoms with E-state index in [0.717, 1.165) is 16.9 Å². The van der Waals surface area contributed by atoms with Crippen LogP contribution in [-0.2, 0) is 6.54 Å². The van der Waals surface area contributed by atoms with Crippen LogP contribution in [0, 0.1) is 5.82 Å². The number of hydrogen-bond donors (Lipinski definition) is 2. The first kappa shape index (κ1) is 14.5. The lowest BCUT2D eigenvalue weighted by Crippen LogP contribution is -2.37. The predicted octanol–water partition coefficient (Wildman–Crippen LogP) is 3.84. The lowest BCUT2D eigenvalue weighted by Gasteiger charge is -2.16. The summed E-state index contributed by atoms with van der Waals surface area (Å²) < 4.78 is 12.8. The molecule has 0 saturated heterocycles. The van der Waals surface area contributed by atoms with Gasteiger partial charge in [0.2, 0.25) is 0 Å². The minimum absolute atomic E-state index is 0.0308. The third-order valence-electron chi connectivity index (χ3n) is 2.97. The molecule has 0 radical (unpaired) electrons. The Morgan fingerprint density at radius 2 is 2.05 bits per heavy atom. The molecular weight excluding hydrogens is 275 g/mol. The second-order valence-electron chi connectivity index (χ2n) is 4.43. The molecule has 2 aromatic rings. The maximum absolute atomic E-state index is 12.8. The van der Waals surface area contributed by atoms with Crippen molar-refractivity contribution in [3.05, 3.63) is 58.0 Å². The minimum atomic E-state index is -0.276. The molecule has 1 unspecified atom stereocenters. The van der Waals surface area contributed by atoms with Gasteiger partial charge in [-0.2, -0.15) is 0 Å². The molecule has 0 spiro atoms. The van der Waals surface area contributed by atoms with Crippen LogP contribution >= 0.6 is 11.3 Å². The third kappa shape index (κ3) is 4.06. The van der Waals surface area contributed by atoms with E-state index in [4.69, 9.17) is 0 Å². The second kappa shape index (κ2) is 7.05. The van der Waals surface area contributed by atoms with E-state index >= 15 is 0 Å². The van der Waals surface area contributed by atoms with Crippen LogP contribution in [0.3, 0.4) is 0 Å². The number of hydrogen-bond acceptors (Lipinski definition) is 2. The molecule has 0 aliphatic rings. The molecule has 0 aliphatic heterocycles.